The van der Waals surface area contributed by atoms with Crippen LogP contribution in [0.15, 0.2) is 28.7 Å². The summed E-state index contributed by atoms with van der Waals surface area (Å²) in [5, 5.41) is 0. The minimum atomic E-state index is -0.134. The van der Waals surface area contributed by atoms with Crippen LogP contribution in [0.5, 0.6) is 0 Å². The third-order valence-corrected chi connectivity index (χ3v) is 2.81. The number of hydrogen-bond acceptors (Lipinski definition) is 2. The Morgan fingerprint density at radius 3 is 2.31 bits per heavy atom. The molecular weight excluding hydrogens is 268 g/mol. The second-order valence-electron chi connectivity index (χ2n) is 4.20. The molecule has 1 atom stereocenters. The molecule has 16 heavy (non-hydrogen) atoms. The summed E-state index contributed by atoms with van der Waals surface area (Å²) in [6, 6.07) is 8.02. The van der Waals surface area contributed by atoms with Gasteiger partial charge < -0.3 is 4.74 Å². The standard InChI is InChI=1S/C13H17BrO2/c1-9(2)16-13(15)8-10(3)11-4-6-12(14)7-5-11/h4-7,9-10H,8H2,1-3H3/t10-/m0/s1. The molecule has 0 aliphatic rings. The lowest BCUT2D eigenvalue weighted by Gasteiger charge is -2.13. The minimum Gasteiger partial charge on any atom is -0.463 e. The lowest BCUT2D eigenvalue weighted by atomic mass is 9.98. The lowest BCUT2D eigenvalue weighted by Crippen LogP contribution is -2.13. The highest BCUT2D eigenvalue weighted by molar-refractivity contribution is 9.10. The SMILES string of the molecule is CC(C)OC(=O)C[C@H](C)c1ccc(Br)cc1. The summed E-state index contributed by atoms with van der Waals surface area (Å²) >= 11 is 3.39. The van der Waals surface area contributed by atoms with Crippen molar-refractivity contribution in [2.45, 2.75) is 39.2 Å². The number of ether oxygens (including phenoxy) is 1. The molecule has 88 valence electrons. The smallest absolute Gasteiger partial charge is 0.306 e. The Morgan fingerprint density at radius 1 is 1.25 bits per heavy atom. The number of esters is 1. The zero-order valence-corrected chi connectivity index (χ0v) is 11.5. The third kappa shape index (κ3) is 4.35. The number of benzene rings is 1. The quantitative estimate of drug-likeness (QED) is 0.784. The van der Waals surface area contributed by atoms with E-state index in [2.05, 4.69) is 15.9 Å². The highest BCUT2D eigenvalue weighted by Gasteiger charge is 2.13. The average Bonchev–Trinajstić information content (AvgIpc) is 2.16. The van der Waals surface area contributed by atoms with E-state index >= 15 is 0 Å². The largest absolute Gasteiger partial charge is 0.463 e. The first kappa shape index (κ1) is 13.2. The molecule has 1 rings (SSSR count). The average molecular weight is 285 g/mol. The molecule has 3 heteroatoms. The number of hydrogen-bond donors (Lipinski definition) is 0. The van der Waals surface area contributed by atoms with Crippen molar-refractivity contribution >= 4 is 21.9 Å². The van der Waals surface area contributed by atoms with Gasteiger partial charge in [0.1, 0.15) is 0 Å². The van der Waals surface area contributed by atoms with E-state index in [1.807, 2.05) is 45.0 Å². The number of rotatable bonds is 4. The van der Waals surface area contributed by atoms with E-state index < -0.39 is 0 Å². The monoisotopic (exact) mass is 284 g/mol. The molecule has 0 N–H and O–H groups in total. The van der Waals surface area contributed by atoms with Crippen LogP contribution in [0, 0.1) is 0 Å². The summed E-state index contributed by atoms with van der Waals surface area (Å²) in [4.78, 5) is 11.5. The van der Waals surface area contributed by atoms with Crippen molar-refractivity contribution in [2.75, 3.05) is 0 Å². The molecule has 2 nitrogen and oxygen atoms in total. The van der Waals surface area contributed by atoms with Crippen LogP contribution >= 0.6 is 15.9 Å². The molecule has 0 unspecified atom stereocenters. The van der Waals surface area contributed by atoms with Crippen molar-refractivity contribution in [3.63, 3.8) is 0 Å². The molecule has 0 radical (unpaired) electrons. The van der Waals surface area contributed by atoms with E-state index in [0.29, 0.717) is 6.42 Å². The normalized spacial score (nSPS) is 12.6. The summed E-state index contributed by atoms with van der Waals surface area (Å²) in [6.45, 7) is 5.76. The fraction of sp³-hybridized carbons (Fsp3) is 0.462. The maximum atomic E-state index is 11.5. The summed E-state index contributed by atoms with van der Waals surface area (Å²) in [7, 11) is 0. The molecule has 1 aromatic carbocycles. The van der Waals surface area contributed by atoms with Gasteiger partial charge in [0, 0.05) is 4.47 Å². The van der Waals surface area contributed by atoms with Gasteiger partial charge in [0.25, 0.3) is 0 Å². The molecule has 0 saturated heterocycles. The molecule has 0 aliphatic heterocycles. The molecular formula is C13H17BrO2. The molecule has 0 aromatic heterocycles. The molecule has 0 heterocycles. The Labute approximate surface area is 105 Å². The second-order valence-corrected chi connectivity index (χ2v) is 5.11. The minimum absolute atomic E-state index is 0.0374. The zero-order valence-electron chi connectivity index (χ0n) is 9.87. The van der Waals surface area contributed by atoms with Gasteiger partial charge in [0.15, 0.2) is 0 Å². The van der Waals surface area contributed by atoms with Crippen LogP contribution in [0.3, 0.4) is 0 Å². The van der Waals surface area contributed by atoms with Gasteiger partial charge in [0.2, 0.25) is 0 Å². The van der Waals surface area contributed by atoms with Gasteiger partial charge in [-0.05, 0) is 37.5 Å². The number of halogens is 1. The fourth-order valence-corrected chi connectivity index (χ4v) is 1.73. The van der Waals surface area contributed by atoms with Crippen molar-refractivity contribution in [1.82, 2.24) is 0 Å². The van der Waals surface area contributed by atoms with Gasteiger partial charge >= 0.3 is 5.97 Å². The molecule has 0 amide bonds. The van der Waals surface area contributed by atoms with E-state index in [-0.39, 0.29) is 18.0 Å². The van der Waals surface area contributed by atoms with Crippen LogP contribution in [0.1, 0.15) is 38.7 Å². The maximum Gasteiger partial charge on any atom is 0.306 e. The van der Waals surface area contributed by atoms with Gasteiger partial charge in [0.05, 0.1) is 12.5 Å². The zero-order chi connectivity index (χ0) is 12.1. The third-order valence-electron chi connectivity index (χ3n) is 2.28. The molecule has 0 aliphatic carbocycles. The Morgan fingerprint density at radius 2 is 1.81 bits per heavy atom. The van der Waals surface area contributed by atoms with E-state index in [1.54, 1.807) is 0 Å². The van der Waals surface area contributed by atoms with Gasteiger partial charge in [-0.25, -0.2) is 0 Å². The van der Waals surface area contributed by atoms with E-state index in [4.69, 9.17) is 4.74 Å². The predicted octanol–water partition coefficient (Wildman–Crippen LogP) is 3.89. The number of carbonyl (C=O) groups excluding carboxylic acids is 1. The van der Waals surface area contributed by atoms with Gasteiger partial charge in [-0.15, -0.1) is 0 Å². The Balaban J connectivity index is 2.55. The second kappa shape index (κ2) is 6.04. The Kier molecular flexibility index (Phi) is 5.00. The van der Waals surface area contributed by atoms with Crippen molar-refractivity contribution < 1.29 is 9.53 Å². The van der Waals surface area contributed by atoms with Gasteiger partial charge in [-0.2, -0.15) is 0 Å². The summed E-state index contributed by atoms with van der Waals surface area (Å²) < 4.78 is 6.17. The molecule has 0 bridgehead atoms. The van der Waals surface area contributed by atoms with Crippen LogP contribution in [-0.4, -0.2) is 12.1 Å². The van der Waals surface area contributed by atoms with Crippen LogP contribution in [0.2, 0.25) is 0 Å². The molecule has 0 spiro atoms. The molecule has 1 aromatic rings. The predicted molar refractivity (Wildman–Crippen MR) is 68.4 cm³/mol. The Bertz CT molecular complexity index is 343. The van der Waals surface area contributed by atoms with E-state index in [9.17, 15) is 4.79 Å². The summed E-state index contributed by atoms with van der Waals surface area (Å²) in [6.07, 6.45) is 0.393. The maximum absolute atomic E-state index is 11.5. The van der Waals surface area contributed by atoms with Crippen molar-refractivity contribution in [3.8, 4) is 0 Å². The van der Waals surface area contributed by atoms with Crippen molar-refractivity contribution in [2.24, 2.45) is 0 Å². The van der Waals surface area contributed by atoms with Crippen LogP contribution in [-0.2, 0) is 9.53 Å². The highest BCUT2D eigenvalue weighted by Crippen LogP contribution is 2.21. The first-order chi connectivity index (χ1) is 7.49. The van der Waals surface area contributed by atoms with E-state index in [0.717, 1.165) is 10.0 Å². The van der Waals surface area contributed by atoms with Crippen molar-refractivity contribution in [3.05, 3.63) is 34.3 Å². The molecule has 0 saturated carbocycles. The van der Waals surface area contributed by atoms with E-state index in [1.165, 1.54) is 0 Å². The van der Waals surface area contributed by atoms with Crippen LogP contribution in [0.25, 0.3) is 0 Å². The summed E-state index contributed by atoms with van der Waals surface area (Å²) in [5.41, 5.74) is 1.16. The van der Waals surface area contributed by atoms with Crippen LogP contribution < -0.4 is 0 Å². The number of carbonyl (C=O) groups is 1. The van der Waals surface area contributed by atoms with Gasteiger partial charge in [-0.1, -0.05) is 35.0 Å². The fourth-order valence-electron chi connectivity index (χ4n) is 1.47. The van der Waals surface area contributed by atoms with Gasteiger partial charge in [-0.3, -0.25) is 4.79 Å². The lowest BCUT2D eigenvalue weighted by molar-refractivity contribution is -0.147. The topological polar surface area (TPSA) is 26.3 Å². The highest BCUT2D eigenvalue weighted by atomic mass is 79.9. The molecule has 0 fully saturated rings. The first-order valence-corrected chi connectivity index (χ1v) is 6.23. The van der Waals surface area contributed by atoms with Crippen LogP contribution in [0.4, 0.5) is 0 Å². The summed E-state index contributed by atoms with van der Waals surface area (Å²) in [5.74, 6) is 0.0600. The Hall–Kier alpha value is -0.830. The first-order valence-electron chi connectivity index (χ1n) is 5.44. The van der Waals surface area contributed by atoms with Crippen molar-refractivity contribution in [1.29, 1.82) is 0 Å².